The molecule has 0 atom stereocenters. The summed E-state index contributed by atoms with van der Waals surface area (Å²) >= 11 is 0. The maximum atomic E-state index is 11.4. The van der Waals surface area contributed by atoms with E-state index in [2.05, 4.69) is 14.7 Å². The minimum absolute atomic E-state index is 0.262. The molecule has 0 saturated heterocycles. The summed E-state index contributed by atoms with van der Waals surface area (Å²) in [7, 11) is 0. The fourth-order valence-corrected chi connectivity index (χ4v) is 1.64. The summed E-state index contributed by atoms with van der Waals surface area (Å²) in [5, 5.41) is 0.547. The van der Waals surface area contributed by atoms with Crippen LogP contribution in [0, 0.1) is 0 Å². The lowest BCUT2D eigenvalue weighted by Crippen LogP contribution is -1.97. The van der Waals surface area contributed by atoms with Gasteiger partial charge in [-0.15, -0.1) is 0 Å². The van der Waals surface area contributed by atoms with E-state index in [0.717, 1.165) is 0 Å². The monoisotopic (exact) mass is 200 g/mol. The highest BCUT2D eigenvalue weighted by Crippen LogP contribution is 2.26. The second-order valence-corrected chi connectivity index (χ2v) is 3.12. The van der Waals surface area contributed by atoms with Crippen LogP contribution < -0.4 is 0 Å². The Labute approximate surface area is 83.7 Å². The standard InChI is InChI=1S/C10H4N2O3/c13-9-5-1-2-7-6(3-11-4-12-7)8(5)10(14)15-9/h1-4H. The van der Waals surface area contributed by atoms with Crippen LogP contribution in [0.5, 0.6) is 0 Å². The first-order valence-corrected chi connectivity index (χ1v) is 4.26. The fraction of sp³-hybridized carbons (Fsp3) is 0. The first kappa shape index (κ1) is 8.05. The molecule has 5 nitrogen and oxygen atoms in total. The summed E-state index contributed by atoms with van der Waals surface area (Å²) in [5.74, 6) is -1.24. The quantitative estimate of drug-likeness (QED) is 0.467. The van der Waals surface area contributed by atoms with Crippen LogP contribution in [-0.2, 0) is 4.74 Å². The summed E-state index contributed by atoms with van der Waals surface area (Å²) in [4.78, 5) is 30.4. The van der Waals surface area contributed by atoms with Gasteiger partial charge < -0.3 is 4.74 Å². The van der Waals surface area contributed by atoms with E-state index in [4.69, 9.17) is 0 Å². The highest BCUT2D eigenvalue weighted by atomic mass is 16.6. The number of hydrogen-bond donors (Lipinski definition) is 0. The number of hydrogen-bond acceptors (Lipinski definition) is 5. The lowest BCUT2D eigenvalue weighted by atomic mass is 10.1. The molecule has 2 aromatic rings. The van der Waals surface area contributed by atoms with Crippen molar-refractivity contribution in [3.63, 3.8) is 0 Å². The Morgan fingerprint density at radius 2 is 2.00 bits per heavy atom. The van der Waals surface area contributed by atoms with Gasteiger partial charge in [0.05, 0.1) is 16.6 Å². The molecule has 1 aromatic heterocycles. The highest BCUT2D eigenvalue weighted by molar-refractivity contribution is 6.20. The number of nitrogens with zero attached hydrogens (tertiary/aromatic N) is 2. The van der Waals surface area contributed by atoms with Crippen LogP contribution in [0.3, 0.4) is 0 Å². The molecule has 0 unspecified atom stereocenters. The molecule has 3 rings (SSSR count). The van der Waals surface area contributed by atoms with Gasteiger partial charge in [0.1, 0.15) is 6.33 Å². The number of esters is 2. The Kier molecular flexibility index (Phi) is 1.39. The number of rotatable bonds is 0. The van der Waals surface area contributed by atoms with Gasteiger partial charge in [-0.2, -0.15) is 0 Å². The van der Waals surface area contributed by atoms with Crippen molar-refractivity contribution in [2.75, 3.05) is 0 Å². The van der Waals surface area contributed by atoms with Gasteiger partial charge in [0.2, 0.25) is 0 Å². The van der Waals surface area contributed by atoms with E-state index in [1.165, 1.54) is 18.6 Å². The molecule has 72 valence electrons. The lowest BCUT2D eigenvalue weighted by Gasteiger charge is -1.98. The lowest BCUT2D eigenvalue weighted by molar-refractivity contribution is 0.0444. The van der Waals surface area contributed by atoms with Gasteiger partial charge >= 0.3 is 11.9 Å². The maximum absolute atomic E-state index is 11.4. The average Bonchev–Trinajstić information content (AvgIpc) is 2.55. The normalized spacial score (nSPS) is 14.1. The number of carbonyl (C=O) groups excluding carboxylic acids is 2. The number of aromatic nitrogens is 2. The van der Waals surface area contributed by atoms with Gasteiger partial charge in [-0.25, -0.2) is 19.6 Å². The second-order valence-electron chi connectivity index (χ2n) is 3.12. The average molecular weight is 200 g/mol. The first-order chi connectivity index (χ1) is 7.27. The van der Waals surface area contributed by atoms with Crippen molar-refractivity contribution >= 4 is 22.8 Å². The zero-order valence-corrected chi connectivity index (χ0v) is 7.43. The Morgan fingerprint density at radius 3 is 2.87 bits per heavy atom. The molecule has 1 aliphatic heterocycles. The van der Waals surface area contributed by atoms with Crippen molar-refractivity contribution < 1.29 is 14.3 Å². The second kappa shape index (κ2) is 2.60. The molecular weight excluding hydrogens is 196 g/mol. The van der Waals surface area contributed by atoms with Gasteiger partial charge in [0.25, 0.3) is 0 Å². The van der Waals surface area contributed by atoms with Crippen LogP contribution in [0.2, 0.25) is 0 Å². The van der Waals surface area contributed by atoms with E-state index in [1.807, 2.05) is 0 Å². The van der Waals surface area contributed by atoms with Crippen molar-refractivity contribution in [3.8, 4) is 0 Å². The summed E-state index contributed by atoms with van der Waals surface area (Å²) in [5.41, 5.74) is 1.16. The molecule has 0 amide bonds. The van der Waals surface area contributed by atoms with Crippen molar-refractivity contribution in [3.05, 3.63) is 35.8 Å². The molecule has 0 radical (unpaired) electrons. The van der Waals surface area contributed by atoms with E-state index >= 15 is 0 Å². The first-order valence-electron chi connectivity index (χ1n) is 4.26. The molecule has 2 heterocycles. The maximum Gasteiger partial charge on any atom is 0.347 e. The van der Waals surface area contributed by atoms with E-state index in [0.29, 0.717) is 10.9 Å². The molecule has 0 saturated carbocycles. The predicted molar refractivity (Wildman–Crippen MR) is 49.3 cm³/mol. The SMILES string of the molecule is O=C1OC(=O)c2c1ccc1ncncc21. The van der Waals surface area contributed by atoms with Crippen molar-refractivity contribution in [2.45, 2.75) is 0 Å². The number of fused-ring (bicyclic) bond motifs is 3. The van der Waals surface area contributed by atoms with E-state index in [9.17, 15) is 9.59 Å². The minimum Gasteiger partial charge on any atom is -0.386 e. The smallest absolute Gasteiger partial charge is 0.347 e. The zero-order valence-electron chi connectivity index (χ0n) is 7.43. The van der Waals surface area contributed by atoms with Gasteiger partial charge in [-0.05, 0) is 12.1 Å². The molecule has 0 aliphatic carbocycles. The number of ether oxygens (including phenoxy) is 1. The number of benzene rings is 1. The topological polar surface area (TPSA) is 69.2 Å². The summed E-state index contributed by atoms with van der Waals surface area (Å²) < 4.78 is 4.51. The van der Waals surface area contributed by atoms with Crippen LogP contribution in [0.1, 0.15) is 20.7 Å². The fourth-order valence-electron chi connectivity index (χ4n) is 1.64. The van der Waals surface area contributed by atoms with E-state index in [1.54, 1.807) is 6.07 Å². The Morgan fingerprint density at radius 1 is 1.13 bits per heavy atom. The van der Waals surface area contributed by atoms with Gasteiger partial charge in [0, 0.05) is 11.6 Å². The molecule has 1 aliphatic rings. The zero-order chi connectivity index (χ0) is 10.4. The molecule has 0 bridgehead atoms. The van der Waals surface area contributed by atoms with Crippen molar-refractivity contribution in [2.24, 2.45) is 0 Å². The van der Waals surface area contributed by atoms with E-state index < -0.39 is 11.9 Å². The van der Waals surface area contributed by atoms with E-state index in [-0.39, 0.29) is 11.1 Å². The van der Waals surface area contributed by atoms with Gasteiger partial charge in [0.15, 0.2) is 0 Å². The summed E-state index contributed by atoms with van der Waals surface area (Å²) in [6, 6.07) is 3.20. The number of cyclic esters (lactones) is 2. The van der Waals surface area contributed by atoms with Crippen LogP contribution >= 0.6 is 0 Å². The molecule has 0 N–H and O–H groups in total. The van der Waals surface area contributed by atoms with Crippen LogP contribution in [0.25, 0.3) is 10.9 Å². The summed E-state index contributed by atoms with van der Waals surface area (Å²) in [6.07, 6.45) is 2.89. The molecule has 5 heteroatoms. The van der Waals surface area contributed by atoms with Crippen molar-refractivity contribution in [1.29, 1.82) is 0 Å². The van der Waals surface area contributed by atoms with Crippen LogP contribution in [0.4, 0.5) is 0 Å². The van der Waals surface area contributed by atoms with Gasteiger partial charge in [-0.3, -0.25) is 0 Å². The van der Waals surface area contributed by atoms with Crippen molar-refractivity contribution in [1.82, 2.24) is 9.97 Å². The molecular formula is C10H4N2O3. The third-order valence-corrected chi connectivity index (χ3v) is 2.30. The van der Waals surface area contributed by atoms with Gasteiger partial charge in [-0.1, -0.05) is 0 Å². The summed E-state index contributed by atoms with van der Waals surface area (Å²) in [6.45, 7) is 0. The van der Waals surface area contributed by atoms with Crippen LogP contribution in [0.15, 0.2) is 24.7 Å². The molecule has 0 spiro atoms. The highest BCUT2D eigenvalue weighted by Gasteiger charge is 2.31. The molecule has 1 aromatic carbocycles. The van der Waals surface area contributed by atoms with Crippen LogP contribution in [-0.4, -0.2) is 21.9 Å². The Bertz CT molecular complexity index is 607. The molecule has 0 fully saturated rings. The number of carbonyl (C=O) groups is 2. The third-order valence-electron chi connectivity index (χ3n) is 2.30. The molecule has 15 heavy (non-hydrogen) atoms. The third kappa shape index (κ3) is 0.969. The Balaban J connectivity index is 2.49. The predicted octanol–water partition coefficient (Wildman–Crippen LogP) is 0.940. The minimum atomic E-state index is -0.629. The largest absolute Gasteiger partial charge is 0.386 e. The Hall–Kier alpha value is -2.30.